The van der Waals surface area contributed by atoms with E-state index in [1.54, 1.807) is 18.3 Å². The van der Waals surface area contributed by atoms with Crippen LogP contribution in [0.3, 0.4) is 0 Å². The fourth-order valence-electron chi connectivity index (χ4n) is 6.13. The first kappa shape index (κ1) is 25.5. The highest BCUT2D eigenvalue weighted by atomic mass is 19.1. The lowest BCUT2D eigenvalue weighted by Crippen LogP contribution is -2.34. The van der Waals surface area contributed by atoms with Crippen LogP contribution in [0.25, 0.3) is 5.69 Å². The first-order valence-corrected chi connectivity index (χ1v) is 13.8. The summed E-state index contributed by atoms with van der Waals surface area (Å²) in [5.41, 5.74) is 5.75. The molecule has 2 aliphatic heterocycles. The summed E-state index contributed by atoms with van der Waals surface area (Å²) in [6.45, 7) is 7.99. The van der Waals surface area contributed by atoms with Gasteiger partial charge in [0.05, 0.1) is 28.8 Å². The average Bonchev–Trinajstić information content (AvgIpc) is 3.70. The number of amides is 1. The van der Waals surface area contributed by atoms with Gasteiger partial charge in [0.15, 0.2) is 0 Å². The van der Waals surface area contributed by atoms with Crippen molar-refractivity contribution in [3.05, 3.63) is 100 Å². The number of likely N-dealkylation sites (tertiary alicyclic amines) is 2. The van der Waals surface area contributed by atoms with Gasteiger partial charge < -0.3 is 9.42 Å². The van der Waals surface area contributed by atoms with Crippen LogP contribution >= 0.6 is 0 Å². The summed E-state index contributed by atoms with van der Waals surface area (Å²) in [7, 11) is 0. The molecule has 39 heavy (non-hydrogen) atoms. The average molecular weight is 528 g/mol. The first-order valence-electron chi connectivity index (χ1n) is 13.8. The number of halogens is 1. The summed E-state index contributed by atoms with van der Waals surface area (Å²) in [6.07, 6.45) is 4.48. The fraction of sp³-hybridized carbons (Fsp3) is 0.387. The Morgan fingerprint density at radius 1 is 0.974 bits per heavy atom. The lowest BCUT2D eigenvalue weighted by Gasteiger charge is -2.32. The molecule has 2 saturated heterocycles. The third-order valence-corrected chi connectivity index (χ3v) is 8.39. The number of rotatable bonds is 6. The molecule has 0 N–H and O–H groups in total. The van der Waals surface area contributed by atoms with Crippen molar-refractivity contribution in [3.8, 4) is 5.69 Å². The summed E-state index contributed by atoms with van der Waals surface area (Å²) in [4.78, 5) is 18.3. The Kier molecular flexibility index (Phi) is 7.04. The molecule has 1 unspecified atom stereocenters. The molecule has 0 bridgehead atoms. The topological polar surface area (TPSA) is 67.4 Å². The number of hydrogen-bond donors (Lipinski definition) is 0. The minimum absolute atomic E-state index is 0.0370. The number of benzene rings is 2. The normalized spacial score (nSPS) is 18.6. The van der Waals surface area contributed by atoms with Crippen LogP contribution in [0.4, 0.5) is 4.39 Å². The third kappa shape index (κ3) is 5.13. The van der Waals surface area contributed by atoms with E-state index in [2.05, 4.69) is 39.4 Å². The van der Waals surface area contributed by atoms with Crippen LogP contribution in [0.15, 0.2) is 65.3 Å². The van der Waals surface area contributed by atoms with E-state index in [0.29, 0.717) is 18.0 Å². The van der Waals surface area contributed by atoms with Crippen LogP contribution in [0, 0.1) is 19.7 Å². The molecule has 2 aromatic carbocycles. The Balaban J connectivity index is 1.25. The maximum absolute atomic E-state index is 13.9. The summed E-state index contributed by atoms with van der Waals surface area (Å²) in [6, 6.07) is 16.8. The van der Waals surface area contributed by atoms with E-state index in [4.69, 9.17) is 4.52 Å². The fourth-order valence-corrected chi connectivity index (χ4v) is 6.13. The number of hydrogen-bond acceptors (Lipinski definition) is 5. The van der Waals surface area contributed by atoms with E-state index >= 15 is 0 Å². The van der Waals surface area contributed by atoms with Gasteiger partial charge in [-0.2, -0.15) is 5.10 Å². The number of nitrogens with zero attached hydrogens (tertiary/aromatic N) is 5. The second kappa shape index (κ2) is 10.8. The lowest BCUT2D eigenvalue weighted by atomic mass is 9.90. The number of piperidine rings is 1. The Labute approximate surface area is 228 Å². The van der Waals surface area contributed by atoms with E-state index < -0.39 is 0 Å². The Morgan fingerprint density at radius 2 is 1.69 bits per heavy atom. The number of aromatic nitrogens is 3. The predicted molar refractivity (Wildman–Crippen MR) is 146 cm³/mol. The molecule has 2 fully saturated rings. The van der Waals surface area contributed by atoms with Crippen LogP contribution in [0.5, 0.6) is 0 Å². The van der Waals surface area contributed by atoms with Gasteiger partial charge in [-0.25, -0.2) is 9.07 Å². The number of aryl methyl sites for hydroxylation is 2. The summed E-state index contributed by atoms with van der Waals surface area (Å²) < 4.78 is 20.9. The lowest BCUT2D eigenvalue weighted by molar-refractivity contribution is 0.0788. The molecule has 0 radical (unpaired) electrons. The molecule has 6 rings (SSSR count). The molecule has 1 atom stereocenters. The smallest absolute Gasteiger partial charge is 0.257 e. The van der Waals surface area contributed by atoms with Crippen molar-refractivity contribution in [2.24, 2.45) is 0 Å². The number of carbonyl (C=O) groups is 1. The minimum Gasteiger partial charge on any atom is -0.361 e. The standard InChI is InChI=1S/C31H34FN5O2/c1-21-29(22(2)39-34-21)20-35-15-12-24(13-16-35)30-28(18-33-37(30)27-10-8-26(32)9-11-27)31(38)36-17-14-25(19-36)23-6-4-3-5-7-23/h3-11,18,24-25H,12-17,19-20H2,1-2H3. The zero-order chi connectivity index (χ0) is 26.9. The monoisotopic (exact) mass is 527 g/mol. The molecule has 202 valence electrons. The maximum atomic E-state index is 13.9. The second-order valence-corrected chi connectivity index (χ2v) is 10.8. The van der Waals surface area contributed by atoms with E-state index in [9.17, 15) is 9.18 Å². The zero-order valence-corrected chi connectivity index (χ0v) is 22.5. The molecule has 0 saturated carbocycles. The highest BCUT2D eigenvalue weighted by Gasteiger charge is 2.34. The van der Waals surface area contributed by atoms with Crippen LogP contribution in [-0.4, -0.2) is 56.8 Å². The maximum Gasteiger partial charge on any atom is 0.257 e. The summed E-state index contributed by atoms with van der Waals surface area (Å²) in [5, 5.41) is 8.78. The van der Waals surface area contributed by atoms with Crippen LogP contribution in [0.2, 0.25) is 0 Å². The van der Waals surface area contributed by atoms with Gasteiger partial charge in [-0.15, -0.1) is 0 Å². The molecule has 4 aromatic rings. The molecule has 2 aliphatic rings. The summed E-state index contributed by atoms with van der Waals surface area (Å²) >= 11 is 0. The van der Waals surface area contributed by atoms with E-state index in [-0.39, 0.29) is 17.6 Å². The van der Waals surface area contributed by atoms with Crippen molar-refractivity contribution in [2.45, 2.75) is 51.5 Å². The van der Waals surface area contributed by atoms with Gasteiger partial charge in [0.1, 0.15) is 11.6 Å². The Morgan fingerprint density at radius 3 is 2.38 bits per heavy atom. The SMILES string of the molecule is Cc1noc(C)c1CN1CCC(c2c(C(=O)N3CCC(c4ccccc4)C3)cnn2-c2ccc(F)cc2)CC1. The first-order chi connectivity index (χ1) is 19.0. The third-order valence-electron chi connectivity index (χ3n) is 8.39. The van der Waals surface area contributed by atoms with E-state index in [1.807, 2.05) is 29.5 Å². The summed E-state index contributed by atoms with van der Waals surface area (Å²) in [5.74, 6) is 1.13. The molecular weight excluding hydrogens is 493 g/mol. The largest absolute Gasteiger partial charge is 0.361 e. The van der Waals surface area contributed by atoms with Gasteiger partial charge >= 0.3 is 0 Å². The van der Waals surface area contributed by atoms with Crippen LogP contribution in [-0.2, 0) is 6.54 Å². The quantitative estimate of drug-likeness (QED) is 0.325. The molecule has 2 aromatic heterocycles. The highest BCUT2D eigenvalue weighted by molar-refractivity contribution is 5.95. The van der Waals surface area contributed by atoms with Crippen LogP contribution in [0.1, 0.15) is 69.7 Å². The molecular formula is C31H34FN5O2. The van der Waals surface area contributed by atoms with E-state index in [1.165, 1.54) is 17.7 Å². The molecule has 0 spiro atoms. The highest BCUT2D eigenvalue weighted by Crippen LogP contribution is 2.35. The van der Waals surface area contributed by atoms with Gasteiger partial charge in [-0.05, 0) is 76.0 Å². The molecule has 4 heterocycles. The second-order valence-electron chi connectivity index (χ2n) is 10.8. The van der Waals surface area contributed by atoms with Gasteiger partial charge in [-0.1, -0.05) is 35.5 Å². The van der Waals surface area contributed by atoms with Gasteiger partial charge in [0.2, 0.25) is 0 Å². The Hall–Kier alpha value is -3.78. The predicted octanol–water partition coefficient (Wildman–Crippen LogP) is 5.63. The van der Waals surface area contributed by atoms with Gasteiger partial charge in [0, 0.05) is 37.0 Å². The zero-order valence-electron chi connectivity index (χ0n) is 22.5. The van der Waals surface area contributed by atoms with Crippen molar-refractivity contribution in [1.82, 2.24) is 24.7 Å². The molecule has 1 amide bonds. The Bertz CT molecular complexity index is 1420. The van der Waals surface area contributed by atoms with Crippen molar-refractivity contribution in [1.29, 1.82) is 0 Å². The van der Waals surface area contributed by atoms with E-state index in [0.717, 1.165) is 73.8 Å². The molecule has 7 nitrogen and oxygen atoms in total. The van der Waals surface area contributed by atoms with Crippen molar-refractivity contribution in [2.75, 3.05) is 26.2 Å². The molecule has 8 heteroatoms. The van der Waals surface area contributed by atoms with Crippen molar-refractivity contribution in [3.63, 3.8) is 0 Å². The van der Waals surface area contributed by atoms with Gasteiger partial charge in [0.25, 0.3) is 5.91 Å². The van der Waals surface area contributed by atoms with Crippen molar-refractivity contribution < 1.29 is 13.7 Å². The van der Waals surface area contributed by atoms with Gasteiger partial charge in [-0.3, -0.25) is 9.69 Å². The minimum atomic E-state index is -0.291. The molecule has 0 aliphatic carbocycles. The van der Waals surface area contributed by atoms with Crippen LogP contribution < -0.4 is 0 Å². The van der Waals surface area contributed by atoms with Crippen molar-refractivity contribution >= 4 is 5.91 Å². The number of carbonyl (C=O) groups excluding carboxylic acids is 1.